The summed E-state index contributed by atoms with van der Waals surface area (Å²) in [5, 5.41) is 20.9. The topological polar surface area (TPSA) is 84.8 Å². The van der Waals surface area contributed by atoms with Crippen molar-refractivity contribution in [1.29, 1.82) is 0 Å². The first kappa shape index (κ1) is 26.0. The summed E-state index contributed by atoms with van der Waals surface area (Å²) in [6.45, 7) is 8.58. The van der Waals surface area contributed by atoms with Crippen molar-refractivity contribution in [2.75, 3.05) is 26.2 Å². The first-order chi connectivity index (χ1) is 17.7. The zero-order valence-corrected chi connectivity index (χ0v) is 22.7. The number of benzene rings is 2. The fourth-order valence-corrected chi connectivity index (χ4v) is 4.95. The minimum Gasteiger partial charge on any atom is -0.490 e. The lowest BCUT2D eigenvalue weighted by Gasteiger charge is -2.33. The van der Waals surface area contributed by atoms with Gasteiger partial charge in [0.2, 0.25) is 5.89 Å². The van der Waals surface area contributed by atoms with E-state index in [1.807, 2.05) is 57.2 Å². The Bertz CT molecular complexity index is 1370. The third-order valence-electron chi connectivity index (χ3n) is 6.70. The molecular weight excluding hydrogens is 513 g/mol. The number of aliphatic hydroxyl groups excluding tert-OH is 1. The van der Waals surface area contributed by atoms with Crippen LogP contribution < -0.4 is 4.74 Å². The van der Waals surface area contributed by atoms with Crippen molar-refractivity contribution in [1.82, 2.24) is 15.1 Å². The summed E-state index contributed by atoms with van der Waals surface area (Å²) in [5.74, 6) is 2.45. The average molecular weight is 544 g/mol. The Labute approximate surface area is 226 Å². The van der Waals surface area contributed by atoms with E-state index in [2.05, 4.69) is 21.2 Å². The van der Waals surface area contributed by atoms with Crippen molar-refractivity contribution in [3.05, 3.63) is 64.0 Å². The molecule has 4 aromatic rings. The number of hydrogen-bond donors (Lipinski definition) is 1. The predicted octanol–water partition coefficient (Wildman–Crippen LogP) is 6.71. The fraction of sp³-hybridized carbons (Fsp3) is 0.429. The molecule has 9 heteroatoms. The van der Waals surface area contributed by atoms with Gasteiger partial charge < -0.3 is 23.6 Å². The number of β-amino-alcohol motifs (C(OH)–C–C–N with tert-alkyl or cyclic N) is 1. The fourth-order valence-electron chi connectivity index (χ4n) is 4.64. The molecule has 1 aliphatic rings. The highest BCUT2D eigenvalue weighted by Crippen LogP contribution is 2.35. The van der Waals surface area contributed by atoms with Crippen molar-refractivity contribution < 1.29 is 18.7 Å². The Balaban J connectivity index is 1.17. The van der Waals surface area contributed by atoms with Crippen molar-refractivity contribution in [3.8, 4) is 17.4 Å². The molecule has 0 radical (unpaired) electrons. The summed E-state index contributed by atoms with van der Waals surface area (Å²) in [7, 11) is 0. The Morgan fingerprint density at radius 3 is 2.54 bits per heavy atom. The Morgan fingerprint density at radius 2 is 1.84 bits per heavy atom. The van der Waals surface area contributed by atoms with Crippen molar-refractivity contribution >= 4 is 34.2 Å². The quantitative estimate of drug-likeness (QED) is 0.277. The molecule has 3 heterocycles. The number of rotatable bonds is 7. The van der Waals surface area contributed by atoms with Crippen LogP contribution in [0.1, 0.15) is 51.0 Å². The lowest BCUT2D eigenvalue weighted by molar-refractivity contribution is 0.0599. The Morgan fingerprint density at radius 1 is 1.05 bits per heavy atom. The average Bonchev–Trinajstić information content (AvgIpc) is 3.53. The van der Waals surface area contributed by atoms with Gasteiger partial charge in [0, 0.05) is 18.0 Å². The van der Waals surface area contributed by atoms with Gasteiger partial charge in [0.05, 0.1) is 15.4 Å². The van der Waals surface area contributed by atoms with Gasteiger partial charge in [-0.05, 0) is 61.7 Å². The zero-order chi connectivity index (χ0) is 26.2. The highest BCUT2D eigenvalue weighted by Gasteiger charge is 2.25. The van der Waals surface area contributed by atoms with Crippen molar-refractivity contribution in [2.24, 2.45) is 0 Å². The van der Waals surface area contributed by atoms with Crippen LogP contribution in [0.5, 0.6) is 5.75 Å². The molecule has 1 N–H and O–H groups in total. The number of fused-ring (bicyclic) bond motifs is 1. The van der Waals surface area contributed by atoms with Crippen LogP contribution in [0, 0.1) is 0 Å². The number of piperidine rings is 1. The third-order valence-corrected chi connectivity index (χ3v) is 7.44. The van der Waals surface area contributed by atoms with Gasteiger partial charge in [-0.3, -0.25) is 0 Å². The first-order valence-electron chi connectivity index (χ1n) is 12.5. The summed E-state index contributed by atoms with van der Waals surface area (Å²) in [5.41, 5.74) is 1.63. The minimum atomic E-state index is -0.617. The molecule has 0 aliphatic carbocycles. The lowest BCUT2D eigenvalue weighted by atomic mass is 9.89. The van der Waals surface area contributed by atoms with Crippen LogP contribution in [0.3, 0.4) is 0 Å². The first-order valence-corrected chi connectivity index (χ1v) is 13.3. The number of aromatic nitrogens is 2. The summed E-state index contributed by atoms with van der Waals surface area (Å²) in [6, 6.07) is 13.3. The SMILES string of the molecule is CC(C)(C)c1nnc(-c2cc3c(OCC(O)CN4CCC(c5ccc(Cl)c(Cl)c5)CC4)cccc3o2)o1. The van der Waals surface area contributed by atoms with Gasteiger partial charge in [0.15, 0.2) is 5.76 Å². The van der Waals surface area contributed by atoms with E-state index in [0.29, 0.717) is 51.4 Å². The molecule has 0 saturated carbocycles. The number of aliphatic hydroxyl groups is 1. The molecule has 1 unspecified atom stereocenters. The van der Waals surface area contributed by atoms with Gasteiger partial charge in [-0.25, -0.2) is 0 Å². The van der Waals surface area contributed by atoms with Crippen LogP contribution in [0.25, 0.3) is 22.6 Å². The van der Waals surface area contributed by atoms with Gasteiger partial charge in [0.1, 0.15) is 24.0 Å². The van der Waals surface area contributed by atoms with Crippen LogP contribution in [-0.4, -0.2) is 52.5 Å². The molecule has 5 rings (SSSR count). The van der Waals surface area contributed by atoms with E-state index in [1.165, 1.54) is 5.56 Å². The predicted molar refractivity (Wildman–Crippen MR) is 145 cm³/mol. The highest BCUT2D eigenvalue weighted by molar-refractivity contribution is 6.42. The van der Waals surface area contributed by atoms with Crippen LogP contribution in [0.4, 0.5) is 0 Å². The van der Waals surface area contributed by atoms with Gasteiger partial charge in [-0.2, -0.15) is 0 Å². The smallest absolute Gasteiger partial charge is 0.283 e. The molecule has 0 spiro atoms. The van der Waals surface area contributed by atoms with Crippen molar-refractivity contribution in [2.45, 2.75) is 51.0 Å². The van der Waals surface area contributed by atoms with Crippen LogP contribution >= 0.6 is 23.2 Å². The van der Waals surface area contributed by atoms with E-state index in [-0.39, 0.29) is 12.0 Å². The van der Waals surface area contributed by atoms with Crippen molar-refractivity contribution in [3.63, 3.8) is 0 Å². The molecule has 1 saturated heterocycles. The molecule has 2 aromatic heterocycles. The van der Waals surface area contributed by atoms with E-state index in [9.17, 15) is 5.11 Å². The molecule has 1 atom stereocenters. The summed E-state index contributed by atoms with van der Waals surface area (Å²) in [4.78, 5) is 2.28. The Hall–Kier alpha value is -2.58. The normalized spacial score (nSPS) is 16.4. The van der Waals surface area contributed by atoms with E-state index in [1.54, 1.807) is 0 Å². The maximum atomic E-state index is 10.7. The molecule has 7 nitrogen and oxygen atoms in total. The standard InChI is InChI=1S/C28H31Cl2N3O4/c1-28(2,3)27-32-31-26(37-27)25-14-20-23(5-4-6-24(20)36-25)35-16-19(34)15-33-11-9-17(10-12-33)18-7-8-21(29)22(30)13-18/h4-8,13-14,17,19,34H,9-12,15-16H2,1-3H3. The molecule has 196 valence electrons. The van der Waals surface area contributed by atoms with Gasteiger partial charge in [-0.1, -0.05) is 56.1 Å². The molecular formula is C28H31Cl2N3O4. The molecule has 1 fully saturated rings. The van der Waals surface area contributed by atoms with E-state index in [0.717, 1.165) is 31.3 Å². The third kappa shape index (κ3) is 5.96. The number of hydrogen-bond acceptors (Lipinski definition) is 7. The molecule has 0 bridgehead atoms. The maximum absolute atomic E-state index is 10.7. The number of halogens is 2. The van der Waals surface area contributed by atoms with Gasteiger partial charge >= 0.3 is 0 Å². The van der Waals surface area contributed by atoms with E-state index in [4.69, 9.17) is 36.8 Å². The number of furan rings is 1. The number of ether oxygens (including phenoxy) is 1. The largest absolute Gasteiger partial charge is 0.490 e. The molecule has 0 amide bonds. The second-order valence-corrected chi connectivity index (χ2v) is 11.5. The van der Waals surface area contributed by atoms with Crippen LogP contribution in [-0.2, 0) is 5.41 Å². The lowest BCUT2D eigenvalue weighted by Crippen LogP contribution is -2.40. The van der Waals surface area contributed by atoms with Gasteiger partial charge in [0.25, 0.3) is 5.89 Å². The number of likely N-dealkylation sites (tertiary alicyclic amines) is 1. The number of nitrogens with zero attached hydrogens (tertiary/aromatic N) is 3. The highest BCUT2D eigenvalue weighted by atomic mass is 35.5. The van der Waals surface area contributed by atoms with Crippen LogP contribution in [0.2, 0.25) is 10.0 Å². The second kappa shape index (κ2) is 10.7. The molecule has 37 heavy (non-hydrogen) atoms. The summed E-state index contributed by atoms with van der Waals surface area (Å²) >= 11 is 12.3. The maximum Gasteiger partial charge on any atom is 0.283 e. The second-order valence-electron chi connectivity index (χ2n) is 10.7. The van der Waals surface area contributed by atoms with Crippen LogP contribution in [0.15, 0.2) is 51.3 Å². The summed E-state index contributed by atoms with van der Waals surface area (Å²) < 4.78 is 17.8. The van der Waals surface area contributed by atoms with Gasteiger partial charge in [-0.15, -0.1) is 10.2 Å². The zero-order valence-electron chi connectivity index (χ0n) is 21.2. The molecule has 1 aliphatic heterocycles. The van der Waals surface area contributed by atoms with E-state index < -0.39 is 6.10 Å². The summed E-state index contributed by atoms with van der Waals surface area (Å²) in [6.07, 6.45) is 1.40. The Kier molecular flexibility index (Phi) is 7.50. The monoisotopic (exact) mass is 543 g/mol. The van der Waals surface area contributed by atoms with E-state index >= 15 is 0 Å². The molecule has 2 aromatic carbocycles. The minimum absolute atomic E-state index is 0.182.